The van der Waals surface area contributed by atoms with E-state index in [1.807, 2.05) is 0 Å². The first kappa shape index (κ1) is 15.6. The second-order valence-corrected chi connectivity index (χ2v) is 6.27. The summed E-state index contributed by atoms with van der Waals surface area (Å²) in [6.07, 6.45) is 3.33. The summed E-state index contributed by atoms with van der Waals surface area (Å²) in [5.41, 5.74) is 0.798. The maximum Gasteiger partial charge on any atom is 0.244 e. The number of likely N-dealkylation sites (tertiary alicyclic amines) is 1. The molecular formula is C17H19FN2O3. The summed E-state index contributed by atoms with van der Waals surface area (Å²) in [7, 11) is 0. The Morgan fingerprint density at radius 1 is 1.22 bits per heavy atom. The zero-order chi connectivity index (χ0) is 16.6. The van der Waals surface area contributed by atoms with Gasteiger partial charge < -0.3 is 5.32 Å². The van der Waals surface area contributed by atoms with E-state index in [0.29, 0.717) is 11.3 Å². The minimum Gasteiger partial charge on any atom is -0.324 e. The Balaban J connectivity index is 1.66. The number of nitrogens with zero attached hydrogens (tertiary/aromatic N) is 1. The topological polar surface area (TPSA) is 66.5 Å². The van der Waals surface area contributed by atoms with E-state index in [2.05, 4.69) is 5.32 Å². The van der Waals surface area contributed by atoms with Gasteiger partial charge in [-0.25, -0.2) is 4.39 Å². The van der Waals surface area contributed by atoms with Crippen molar-refractivity contribution in [1.29, 1.82) is 0 Å². The van der Waals surface area contributed by atoms with Crippen LogP contribution in [0.3, 0.4) is 0 Å². The molecule has 6 heteroatoms. The predicted octanol–water partition coefficient (Wildman–Crippen LogP) is 2.25. The van der Waals surface area contributed by atoms with Gasteiger partial charge in [0.1, 0.15) is 12.4 Å². The number of halogens is 1. The molecule has 1 aliphatic carbocycles. The van der Waals surface area contributed by atoms with Gasteiger partial charge in [-0.3, -0.25) is 19.3 Å². The van der Waals surface area contributed by atoms with E-state index in [4.69, 9.17) is 0 Å². The summed E-state index contributed by atoms with van der Waals surface area (Å²) in [6.45, 7) is 1.32. The van der Waals surface area contributed by atoms with E-state index in [-0.39, 0.29) is 30.2 Å². The molecule has 1 aliphatic heterocycles. The van der Waals surface area contributed by atoms with E-state index in [1.165, 1.54) is 6.07 Å². The average molecular weight is 318 g/mol. The van der Waals surface area contributed by atoms with Gasteiger partial charge in [-0.05, 0) is 37.5 Å². The fourth-order valence-corrected chi connectivity index (χ4v) is 3.40. The van der Waals surface area contributed by atoms with Crippen molar-refractivity contribution in [1.82, 2.24) is 4.90 Å². The molecule has 0 unspecified atom stereocenters. The quantitative estimate of drug-likeness (QED) is 0.869. The lowest BCUT2D eigenvalue weighted by Gasteiger charge is -2.19. The summed E-state index contributed by atoms with van der Waals surface area (Å²) in [5, 5.41) is 2.53. The SMILES string of the molecule is Cc1ccc(NC(=O)CN2C(=O)[C@H]3CCCC[C@H]3C2=O)cc1F. The number of hydrogen-bond acceptors (Lipinski definition) is 3. The molecule has 5 nitrogen and oxygen atoms in total. The van der Waals surface area contributed by atoms with Gasteiger partial charge in [-0.2, -0.15) is 0 Å². The lowest BCUT2D eigenvalue weighted by molar-refractivity contribution is -0.142. The molecule has 3 rings (SSSR count). The number of rotatable bonds is 3. The second kappa shape index (κ2) is 6.10. The van der Waals surface area contributed by atoms with E-state index in [1.54, 1.807) is 19.1 Å². The Bertz CT molecular complexity index is 650. The van der Waals surface area contributed by atoms with Gasteiger partial charge in [-0.15, -0.1) is 0 Å². The highest BCUT2D eigenvalue weighted by molar-refractivity contribution is 6.08. The minimum atomic E-state index is -0.492. The molecule has 0 spiro atoms. The van der Waals surface area contributed by atoms with Crippen LogP contribution in [0.1, 0.15) is 31.2 Å². The van der Waals surface area contributed by atoms with Crippen LogP contribution < -0.4 is 5.32 Å². The third-order valence-electron chi connectivity index (χ3n) is 4.69. The molecule has 23 heavy (non-hydrogen) atoms. The number of benzene rings is 1. The number of hydrogen-bond donors (Lipinski definition) is 1. The second-order valence-electron chi connectivity index (χ2n) is 6.27. The first-order valence-corrected chi connectivity index (χ1v) is 7.88. The molecular weight excluding hydrogens is 299 g/mol. The number of imide groups is 1. The van der Waals surface area contributed by atoms with Crippen molar-refractivity contribution in [3.05, 3.63) is 29.6 Å². The van der Waals surface area contributed by atoms with Crippen molar-refractivity contribution in [2.24, 2.45) is 11.8 Å². The van der Waals surface area contributed by atoms with E-state index >= 15 is 0 Å². The van der Waals surface area contributed by atoms with Crippen LogP contribution in [0.25, 0.3) is 0 Å². The molecule has 1 aromatic carbocycles. The van der Waals surface area contributed by atoms with Crippen molar-refractivity contribution in [2.75, 3.05) is 11.9 Å². The molecule has 2 fully saturated rings. The molecule has 1 N–H and O–H groups in total. The molecule has 1 saturated heterocycles. The largest absolute Gasteiger partial charge is 0.324 e. The number of amides is 3. The standard InChI is InChI=1S/C17H19FN2O3/c1-10-6-7-11(8-14(10)18)19-15(21)9-20-16(22)12-4-2-3-5-13(12)17(20)23/h6-8,12-13H,2-5,9H2,1H3,(H,19,21)/t12-,13+. The van der Waals surface area contributed by atoms with Crippen molar-refractivity contribution in [2.45, 2.75) is 32.6 Å². The molecule has 0 bridgehead atoms. The van der Waals surface area contributed by atoms with Crippen LogP contribution in [-0.2, 0) is 14.4 Å². The summed E-state index contributed by atoms with van der Waals surface area (Å²) in [5.74, 6) is -1.92. The third-order valence-corrected chi connectivity index (χ3v) is 4.69. The van der Waals surface area contributed by atoms with Gasteiger partial charge in [0, 0.05) is 5.69 Å². The van der Waals surface area contributed by atoms with Crippen LogP contribution >= 0.6 is 0 Å². The Morgan fingerprint density at radius 2 is 1.83 bits per heavy atom. The molecule has 1 aromatic rings. The van der Waals surface area contributed by atoms with Crippen LogP contribution in [0.4, 0.5) is 10.1 Å². The minimum absolute atomic E-state index is 0.245. The van der Waals surface area contributed by atoms with Crippen molar-refractivity contribution < 1.29 is 18.8 Å². The van der Waals surface area contributed by atoms with Crippen LogP contribution in [0, 0.1) is 24.6 Å². The van der Waals surface area contributed by atoms with Gasteiger partial charge >= 0.3 is 0 Å². The van der Waals surface area contributed by atoms with Crippen LogP contribution in [0.5, 0.6) is 0 Å². The number of carbonyl (C=O) groups is 3. The fraction of sp³-hybridized carbons (Fsp3) is 0.471. The molecule has 2 aliphatic rings. The van der Waals surface area contributed by atoms with E-state index in [0.717, 1.165) is 30.6 Å². The lowest BCUT2D eigenvalue weighted by atomic mass is 9.81. The average Bonchev–Trinajstić information content (AvgIpc) is 2.76. The molecule has 0 radical (unpaired) electrons. The summed E-state index contributed by atoms with van der Waals surface area (Å²) < 4.78 is 13.5. The number of anilines is 1. The van der Waals surface area contributed by atoms with E-state index in [9.17, 15) is 18.8 Å². The summed E-state index contributed by atoms with van der Waals surface area (Å²) in [4.78, 5) is 37.7. The first-order chi connectivity index (χ1) is 11.0. The zero-order valence-electron chi connectivity index (χ0n) is 13.0. The maximum absolute atomic E-state index is 13.5. The smallest absolute Gasteiger partial charge is 0.244 e. The van der Waals surface area contributed by atoms with Crippen LogP contribution in [0.15, 0.2) is 18.2 Å². The monoisotopic (exact) mass is 318 g/mol. The lowest BCUT2D eigenvalue weighted by Crippen LogP contribution is -2.38. The molecule has 1 heterocycles. The van der Waals surface area contributed by atoms with Crippen molar-refractivity contribution >= 4 is 23.4 Å². The van der Waals surface area contributed by atoms with Crippen LogP contribution in [0.2, 0.25) is 0 Å². The first-order valence-electron chi connectivity index (χ1n) is 7.88. The molecule has 1 saturated carbocycles. The number of aryl methyl sites for hydroxylation is 1. The number of nitrogens with one attached hydrogen (secondary N) is 1. The molecule has 3 amide bonds. The van der Waals surface area contributed by atoms with Crippen molar-refractivity contribution in [3.63, 3.8) is 0 Å². The Kier molecular flexibility index (Phi) is 4.15. The predicted molar refractivity (Wildman–Crippen MR) is 81.9 cm³/mol. The van der Waals surface area contributed by atoms with Crippen molar-refractivity contribution in [3.8, 4) is 0 Å². The maximum atomic E-state index is 13.5. The highest BCUT2D eigenvalue weighted by atomic mass is 19.1. The summed E-state index contributed by atoms with van der Waals surface area (Å²) in [6, 6.07) is 4.37. The Hall–Kier alpha value is -2.24. The number of fused-ring (bicyclic) bond motifs is 1. The highest BCUT2D eigenvalue weighted by Gasteiger charge is 2.48. The van der Waals surface area contributed by atoms with Crippen LogP contribution in [-0.4, -0.2) is 29.2 Å². The molecule has 122 valence electrons. The summed E-state index contributed by atoms with van der Waals surface area (Å²) >= 11 is 0. The van der Waals surface area contributed by atoms with Gasteiger partial charge in [-0.1, -0.05) is 18.9 Å². The van der Waals surface area contributed by atoms with Gasteiger partial charge in [0.2, 0.25) is 17.7 Å². The van der Waals surface area contributed by atoms with Gasteiger partial charge in [0.05, 0.1) is 11.8 Å². The zero-order valence-corrected chi connectivity index (χ0v) is 13.0. The fourth-order valence-electron chi connectivity index (χ4n) is 3.40. The Labute approximate surface area is 133 Å². The third kappa shape index (κ3) is 2.98. The van der Waals surface area contributed by atoms with E-state index < -0.39 is 11.7 Å². The normalized spacial score (nSPS) is 23.8. The van der Waals surface area contributed by atoms with Gasteiger partial charge in [0.25, 0.3) is 0 Å². The molecule has 0 aromatic heterocycles. The highest BCUT2D eigenvalue weighted by Crippen LogP contribution is 2.37. The Morgan fingerprint density at radius 3 is 2.39 bits per heavy atom. The van der Waals surface area contributed by atoms with Gasteiger partial charge in [0.15, 0.2) is 0 Å². The molecule has 2 atom stereocenters. The number of carbonyl (C=O) groups excluding carboxylic acids is 3.